The first kappa shape index (κ1) is 18.3. The predicted octanol–water partition coefficient (Wildman–Crippen LogP) is 4.15. The molecule has 0 saturated carbocycles. The summed E-state index contributed by atoms with van der Waals surface area (Å²) in [4.78, 5) is 4.12. The Bertz CT molecular complexity index is 719. The van der Waals surface area contributed by atoms with Gasteiger partial charge in [0, 0.05) is 24.7 Å². The summed E-state index contributed by atoms with van der Waals surface area (Å²) in [6, 6.07) is 8.71. The quantitative estimate of drug-likeness (QED) is 0.830. The average molecular weight is 368 g/mol. The van der Waals surface area contributed by atoms with Crippen molar-refractivity contribution in [3.05, 3.63) is 42.6 Å². The highest BCUT2D eigenvalue weighted by atomic mass is 19.4. The topological polar surface area (TPSA) is 52.6 Å². The zero-order chi connectivity index (χ0) is 18.4. The number of alkyl halides is 3. The normalized spacial score (nSPS) is 17.6. The number of hydrogen-bond donors (Lipinski definition) is 1. The molecular weight excluding hydrogens is 349 g/mol. The first-order valence-corrected chi connectivity index (χ1v) is 8.32. The number of piperidine rings is 1. The van der Waals surface area contributed by atoms with Crippen LogP contribution in [0, 0.1) is 5.92 Å². The maximum absolute atomic E-state index is 12.3. The minimum absolute atomic E-state index is 0.176. The minimum atomic E-state index is -4.76. The van der Waals surface area contributed by atoms with Gasteiger partial charge >= 0.3 is 6.36 Å². The number of halogens is 3. The number of hydrogen-bond acceptors (Lipinski definition) is 5. The lowest BCUT2D eigenvalue weighted by Gasteiger charge is -2.23. The smallest absolute Gasteiger partial charge is 0.488 e. The molecule has 2 aromatic rings. The second kappa shape index (κ2) is 8.27. The lowest BCUT2D eigenvalue weighted by molar-refractivity contribution is -0.274. The van der Waals surface area contributed by atoms with Crippen molar-refractivity contribution in [3.63, 3.8) is 0 Å². The molecule has 0 spiro atoms. The third-order valence-electron chi connectivity index (χ3n) is 3.86. The molecule has 1 saturated heterocycles. The zero-order valence-electron chi connectivity index (χ0n) is 14.0. The lowest BCUT2D eigenvalue weighted by Crippen LogP contribution is -2.33. The van der Waals surface area contributed by atoms with Gasteiger partial charge in [0.15, 0.2) is 5.75 Å². The third-order valence-corrected chi connectivity index (χ3v) is 3.86. The Labute approximate surface area is 149 Å². The van der Waals surface area contributed by atoms with E-state index >= 15 is 0 Å². The standard InChI is InChI=1S/C18H19F3N2O3/c19-18(20,21)26-15-6-1-5-14(10-15)25-17-16(7-3-9-23-17)24-12-13-4-2-8-22-11-13/h1,3,5-7,9-10,13,22H,2,4,8,11-12H2. The summed E-state index contributed by atoms with van der Waals surface area (Å²) >= 11 is 0. The second-order valence-corrected chi connectivity index (χ2v) is 5.95. The van der Waals surface area contributed by atoms with Crippen LogP contribution in [0.2, 0.25) is 0 Å². The Hall–Kier alpha value is -2.48. The highest BCUT2D eigenvalue weighted by Crippen LogP contribution is 2.32. The first-order chi connectivity index (χ1) is 12.5. The molecule has 1 unspecified atom stereocenters. The van der Waals surface area contributed by atoms with Crippen LogP contribution in [0.1, 0.15) is 12.8 Å². The van der Waals surface area contributed by atoms with Gasteiger partial charge in [-0.25, -0.2) is 4.98 Å². The van der Waals surface area contributed by atoms with Gasteiger partial charge in [0.25, 0.3) is 5.88 Å². The number of nitrogens with one attached hydrogen (secondary N) is 1. The van der Waals surface area contributed by atoms with Crippen LogP contribution in [-0.4, -0.2) is 31.0 Å². The molecule has 0 aliphatic carbocycles. The highest BCUT2D eigenvalue weighted by Gasteiger charge is 2.31. The van der Waals surface area contributed by atoms with Gasteiger partial charge < -0.3 is 19.5 Å². The molecule has 0 bridgehead atoms. The van der Waals surface area contributed by atoms with E-state index in [1.165, 1.54) is 24.4 Å². The molecule has 0 amide bonds. The monoisotopic (exact) mass is 368 g/mol. The van der Waals surface area contributed by atoms with Crippen molar-refractivity contribution in [3.8, 4) is 23.1 Å². The summed E-state index contributed by atoms with van der Waals surface area (Å²) in [5, 5.41) is 3.32. The van der Waals surface area contributed by atoms with Gasteiger partial charge in [0.05, 0.1) is 6.61 Å². The molecule has 0 radical (unpaired) electrons. The van der Waals surface area contributed by atoms with Gasteiger partial charge in [0.1, 0.15) is 11.5 Å². The van der Waals surface area contributed by atoms with E-state index in [4.69, 9.17) is 9.47 Å². The third kappa shape index (κ3) is 5.52. The number of pyridine rings is 1. The fourth-order valence-corrected chi connectivity index (χ4v) is 2.68. The van der Waals surface area contributed by atoms with Crippen LogP contribution in [0.25, 0.3) is 0 Å². The minimum Gasteiger partial charge on any atom is -0.488 e. The fraction of sp³-hybridized carbons (Fsp3) is 0.389. The van der Waals surface area contributed by atoms with E-state index in [-0.39, 0.29) is 17.4 Å². The molecule has 5 nitrogen and oxygen atoms in total. The maximum Gasteiger partial charge on any atom is 0.573 e. The molecule has 3 rings (SSSR count). The van der Waals surface area contributed by atoms with Crippen molar-refractivity contribution >= 4 is 0 Å². The Morgan fingerprint density at radius 2 is 2.00 bits per heavy atom. The Morgan fingerprint density at radius 3 is 2.77 bits per heavy atom. The Morgan fingerprint density at radius 1 is 1.15 bits per heavy atom. The molecular formula is C18H19F3N2O3. The number of aromatic nitrogens is 1. The van der Waals surface area contributed by atoms with E-state index in [0.29, 0.717) is 18.3 Å². The van der Waals surface area contributed by atoms with E-state index in [1.807, 2.05) is 0 Å². The van der Waals surface area contributed by atoms with E-state index in [2.05, 4.69) is 15.0 Å². The molecule has 26 heavy (non-hydrogen) atoms. The number of ether oxygens (including phenoxy) is 3. The molecule has 1 N–H and O–H groups in total. The van der Waals surface area contributed by atoms with Crippen molar-refractivity contribution in [2.45, 2.75) is 19.2 Å². The molecule has 1 aromatic carbocycles. The van der Waals surface area contributed by atoms with Crippen molar-refractivity contribution in [2.24, 2.45) is 5.92 Å². The molecule has 1 aliphatic rings. The van der Waals surface area contributed by atoms with E-state index in [9.17, 15) is 13.2 Å². The van der Waals surface area contributed by atoms with Crippen molar-refractivity contribution in [1.29, 1.82) is 0 Å². The summed E-state index contributed by atoms with van der Waals surface area (Å²) in [5.74, 6) is 0.859. The predicted molar refractivity (Wildman–Crippen MR) is 88.5 cm³/mol. The molecule has 1 aliphatic heterocycles. The largest absolute Gasteiger partial charge is 0.573 e. The molecule has 1 atom stereocenters. The van der Waals surface area contributed by atoms with Crippen LogP contribution in [0.5, 0.6) is 23.1 Å². The van der Waals surface area contributed by atoms with Crippen molar-refractivity contribution in [2.75, 3.05) is 19.7 Å². The van der Waals surface area contributed by atoms with Crippen LogP contribution in [0.4, 0.5) is 13.2 Å². The van der Waals surface area contributed by atoms with Gasteiger partial charge in [-0.3, -0.25) is 0 Å². The van der Waals surface area contributed by atoms with Gasteiger partial charge in [-0.1, -0.05) is 6.07 Å². The summed E-state index contributed by atoms with van der Waals surface area (Å²) in [5.41, 5.74) is 0. The van der Waals surface area contributed by atoms with E-state index in [0.717, 1.165) is 32.0 Å². The molecule has 8 heteroatoms. The van der Waals surface area contributed by atoms with Crippen LogP contribution >= 0.6 is 0 Å². The van der Waals surface area contributed by atoms with Gasteiger partial charge in [-0.2, -0.15) is 0 Å². The van der Waals surface area contributed by atoms with E-state index in [1.54, 1.807) is 12.1 Å². The SMILES string of the molecule is FC(F)(F)Oc1cccc(Oc2ncccc2OCC2CCCNC2)c1. The lowest BCUT2D eigenvalue weighted by atomic mass is 10.0. The number of nitrogens with zero attached hydrogens (tertiary/aromatic N) is 1. The van der Waals surface area contributed by atoms with Crippen LogP contribution in [0.15, 0.2) is 42.6 Å². The van der Waals surface area contributed by atoms with Gasteiger partial charge in [0.2, 0.25) is 0 Å². The first-order valence-electron chi connectivity index (χ1n) is 8.32. The summed E-state index contributed by atoms with van der Waals surface area (Å²) in [6.45, 7) is 2.44. The summed E-state index contributed by atoms with van der Waals surface area (Å²) < 4.78 is 52.3. The Kier molecular flexibility index (Phi) is 5.82. The average Bonchev–Trinajstić information content (AvgIpc) is 2.61. The molecule has 2 heterocycles. The molecule has 1 fully saturated rings. The number of benzene rings is 1. The maximum atomic E-state index is 12.3. The highest BCUT2D eigenvalue weighted by molar-refractivity contribution is 5.39. The van der Waals surface area contributed by atoms with Gasteiger partial charge in [-0.15, -0.1) is 13.2 Å². The Balaban J connectivity index is 1.67. The van der Waals surface area contributed by atoms with E-state index < -0.39 is 6.36 Å². The zero-order valence-corrected chi connectivity index (χ0v) is 14.0. The van der Waals surface area contributed by atoms with Crippen LogP contribution in [-0.2, 0) is 0 Å². The van der Waals surface area contributed by atoms with Gasteiger partial charge in [-0.05, 0) is 43.7 Å². The fourth-order valence-electron chi connectivity index (χ4n) is 2.68. The summed E-state index contributed by atoms with van der Waals surface area (Å²) in [6.07, 6.45) is -1.04. The van der Waals surface area contributed by atoms with Crippen LogP contribution in [0.3, 0.4) is 0 Å². The van der Waals surface area contributed by atoms with Crippen molar-refractivity contribution < 1.29 is 27.4 Å². The molecule has 140 valence electrons. The number of rotatable bonds is 6. The molecule has 1 aromatic heterocycles. The second-order valence-electron chi connectivity index (χ2n) is 5.95. The van der Waals surface area contributed by atoms with Crippen molar-refractivity contribution in [1.82, 2.24) is 10.3 Å². The summed E-state index contributed by atoms with van der Waals surface area (Å²) in [7, 11) is 0. The van der Waals surface area contributed by atoms with Crippen LogP contribution < -0.4 is 19.5 Å².